The average Bonchev–Trinajstić information content (AvgIpc) is 2.50. The van der Waals surface area contributed by atoms with Crippen molar-refractivity contribution < 1.29 is 9.18 Å². The Morgan fingerprint density at radius 2 is 1.83 bits per heavy atom. The van der Waals surface area contributed by atoms with Gasteiger partial charge < -0.3 is 11.1 Å². The summed E-state index contributed by atoms with van der Waals surface area (Å²) in [5.41, 5.74) is 7.16. The van der Waals surface area contributed by atoms with E-state index in [4.69, 9.17) is 17.3 Å². The first kappa shape index (κ1) is 20.4. The van der Waals surface area contributed by atoms with E-state index < -0.39 is 6.04 Å². The van der Waals surface area contributed by atoms with Gasteiger partial charge in [0.1, 0.15) is 5.82 Å². The summed E-state index contributed by atoms with van der Waals surface area (Å²) >= 11 is 6.04. The second kappa shape index (κ2) is 9.62. The standard InChI is InChI=1S/C18H20ClFN2O.ClH/c1-12(21)8-9-17(23)22-18(13-4-2-6-15(19)10-13)14-5-3-7-16(20)11-14;/h2-7,10-12,18H,8-9,21H2,1H3,(H,22,23);1H. The van der Waals surface area contributed by atoms with Crippen LogP contribution in [0.2, 0.25) is 5.02 Å². The summed E-state index contributed by atoms with van der Waals surface area (Å²) in [5.74, 6) is -0.476. The molecular formula is C18H21Cl2FN2O. The van der Waals surface area contributed by atoms with Crippen LogP contribution >= 0.6 is 24.0 Å². The van der Waals surface area contributed by atoms with E-state index in [9.17, 15) is 9.18 Å². The number of hydrogen-bond donors (Lipinski definition) is 2. The fourth-order valence-electron chi connectivity index (χ4n) is 2.32. The van der Waals surface area contributed by atoms with Gasteiger partial charge in [-0.05, 0) is 48.7 Å². The van der Waals surface area contributed by atoms with Crippen molar-refractivity contribution in [3.8, 4) is 0 Å². The van der Waals surface area contributed by atoms with Crippen LogP contribution in [0.1, 0.15) is 36.9 Å². The third-order valence-corrected chi connectivity index (χ3v) is 3.73. The Morgan fingerprint density at radius 3 is 2.42 bits per heavy atom. The van der Waals surface area contributed by atoms with Gasteiger partial charge in [0.05, 0.1) is 6.04 Å². The van der Waals surface area contributed by atoms with E-state index in [0.29, 0.717) is 23.4 Å². The Bertz CT molecular complexity index is 634. The SMILES string of the molecule is CC(N)CCC(=O)NC(c1cccc(F)c1)c1cccc(Cl)c1.Cl. The highest BCUT2D eigenvalue weighted by Gasteiger charge is 2.18. The van der Waals surface area contributed by atoms with Gasteiger partial charge in [0.25, 0.3) is 0 Å². The van der Waals surface area contributed by atoms with E-state index in [1.807, 2.05) is 13.0 Å². The van der Waals surface area contributed by atoms with Crippen molar-refractivity contribution in [3.63, 3.8) is 0 Å². The zero-order valence-corrected chi connectivity index (χ0v) is 14.9. The summed E-state index contributed by atoms with van der Waals surface area (Å²) in [5, 5.41) is 3.50. The third kappa shape index (κ3) is 6.11. The zero-order valence-electron chi connectivity index (χ0n) is 13.3. The van der Waals surface area contributed by atoms with Gasteiger partial charge in [-0.2, -0.15) is 0 Å². The number of hydrogen-bond acceptors (Lipinski definition) is 2. The monoisotopic (exact) mass is 370 g/mol. The average molecular weight is 371 g/mol. The first-order chi connectivity index (χ1) is 11.0. The van der Waals surface area contributed by atoms with Gasteiger partial charge >= 0.3 is 0 Å². The van der Waals surface area contributed by atoms with E-state index in [0.717, 1.165) is 5.56 Å². The molecule has 0 spiro atoms. The Balaban J connectivity index is 0.00000288. The van der Waals surface area contributed by atoms with Gasteiger partial charge in [0, 0.05) is 17.5 Å². The van der Waals surface area contributed by atoms with Crippen molar-refractivity contribution in [2.45, 2.75) is 31.8 Å². The van der Waals surface area contributed by atoms with Crippen LogP contribution in [0.4, 0.5) is 4.39 Å². The van der Waals surface area contributed by atoms with Crippen LogP contribution in [-0.4, -0.2) is 11.9 Å². The van der Waals surface area contributed by atoms with Crippen LogP contribution in [0.5, 0.6) is 0 Å². The Labute approximate surface area is 152 Å². The molecule has 0 fully saturated rings. The molecule has 0 aliphatic heterocycles. The molecule has 0 aliphatic rings. The lowest BCUT2D eigenvalue weighted by molar-refractivity contribution is -0.121. The largest absolute Gasteiger partial charge is 0.345 e. The van der Waals surface area contributed by atoms with E-state index >= 15 is 0 Å². The summed E-state index contributed by atoms with van der Waals surface area (Å²) in [6.45, 7) is 1.86. The Morgan fingerprint density at radius 1 is 1.21 bits per heavy atom. The predicted molar refractivity (Wildman–Crippen MR) is 98.0 cm³/mol. The van der Waals surface area contributed by atoms with E-state index in [1.165, 1.54) is 12.1 Å². The maximum atomic E-state index is 13.6. The van der Waals surface area contributed by atoms with Crippen LogP contribution in [0, 0.1) is 5.82 Å². The number of nitrogens with two attached hydrogens (primary N) is 1. The van der Waals surface area contributed by atoms with Crippen molar-refractivity contribution in [2.24, 2.45) is 5.73 Å². The van der Waals surface area contributed by atoms with Crippen molar-refractivity contribution >= 4 is 29.9 Å². The molecule has 0 aliphatic carbocycles. The predicted octanol–water partition coefficient (Wildman–Crippen LogP) is 4.23. The molecule has 2 unspecified atom stereocenters. The molecule has 0 aromatic heterocycles. The Hall–Kier alpha value is -1.62. The van der Waals surface area contributed by atoms with E-state index in [-0.39, 0.29) is 30.2 Å². The lowest BCUT2D eigenvalue weighted by atomic mass is 9.98. The number of benzene rings is 2. The van der Waals surface area contributed by atoms with Crippen LogP contribution in [0.3, 0.4) is 0 Å². The number of nitrogens with one attached hydrogen (secondary N) is 1. The summed E-state index contributed by atoms with van der Waals surface area (Å²) in [6, 6.07) is 12.9. The topological polar surface area (TPSA) is 55.1 Å². The quantitative estimate of drug-likeness (QED) is 0.798. The second-order valence-corrected chi connectivity index (χ2v) is 6.06. The lowest BCUT2D eigenvalue weighted by Crippen LogP contribution is -2.30. The highest BCUT2D eigenvalue weighted by molar-refractivity contribution is 6.30. The minimum absolute atomic E-state index is 0. The van der Waals surface area contributed by atoms with Gasteiger partial charge in [-0.25, -0.2) is 4.39 Å². The van der Waals surface area contributed by atoms with Gasteiger partial charge in [-0.1, -0.05) is 35.9 Å². The first-order valence-electron chi connectivity index (χ1n) is 7.51. The lowest BCUT2D eigenvalue weighted by Gasteiger charge is -2.20. The summed E-state index contributed by atoms with van der Waals surface area (Å²) < 4.78 is 13.6. The Kier molecular flexibility index (Phi) is 8.19. The maximum Gasteiger partial charge on any atom is 0.220 e. The zero-order chi connectivity index (χ0) is 16.8. The van der Waals surface area contributed by atoms with Crippen molar-refractivity contribution in [1.29, 1.82) is 0 Å². The number of rotatable bonds is 6. The summed E-state index contributed by atoms with van der Waals surface area (Å²) in [6.07, 6.45) is 0.918. The van der Waals surface area contributed by atoms with Crippen LogP contribution < -0.4 is 11.1 Å². The molecule has 2 rings (SSSR count). The molecule has 0 heterocycles. The molecule has 3 N–H and O–H groups in total. The van der Waals surface area contributed by atoms with Crippen LogP contribution in [0.25, 0.3) is 0 Å². The fourth-order valence-corrected chi connectivity index (χ4v) is 2.52. The molecule has 2 aromatic carbocycles. The molecule has 0 bridgehead atoms. The summed E-state index contributed by atoms with van der Waals surface area (Å²) in [4.78, 5) is 12.2. The molecule has 3 nitrogen and oxygen atoms in total. The van der Waals surface area contributed by atoms with Gasteiger partial charge in [-0.15, -0.1) is 12.4 Å². The molecule has 2 aromatic rings. The maximum absolute atomic E-state index is 13.6. The van der Waals surface area contributed by atoms with Crippen molar-refractivity contribution in [2.75, 3.05) is 0 Å². The molecule has 0 saturated carbocycles. The van der Waals surface area contributed by atoms with E-state index in [2.05, 4.69) is 5.32 Å². The number of halogens is 3. The second-order valence-electron chi connectivity index (χ2n) is 5.63. The third-order valence-electron chi connectivity index (χ3n) is 3.50. The van der Waals surface area contributed by atoms with Crippen LogP contribution in [-0.2, 0) is 4.79 Å². The highest BCUT2D eigenvalue weighted by atomic mass is 35.5. The number of carbonyl (C=O) groups is 1. The molecule has 0 saturated heterocycles. The minimum atomic E-state index is -0.454. The normalized spacial score (nSPS) is 12.8. The molecule has 6 heteroatoms. The molecule has 0 radical (unpaired) electrons. The van der Waals surface area contributed by atoms with Gasteiger partial charge in [0.15, 0.2) is 0 Å². The summed E-state index contributed by atoms with van der Waals surface area (Å²) in [7, 11) is 0. The molecular weight excluding hydrogens is 350 g/mol. The fraction of sp³-hybridized carbons (Fsp3) is 0.278. The minimum Gasteiger partial charge on any atom is -0.345 e. The highest BCUT2D eigenvalue weighted by Crippen LogP contribution is 2.25. The van der Waals surface area contributed by atoms with Gasteiger partial charge in [0.2, 0.25) is 5.91 Å². The molecule has 130 valence electrons. The van der Waals surface area contributed by atoms with Crippen LogP contribution in [0.15, 0.2) is 48.5 Å². The molecule has 2 atom stereocenters. The number of carbonyl (C=O) groups excluding carboxylic acids is 1. The van der Waals surface area contributed by atoms with E-state index in [1.54, 1.807) is 30.3 Å². The number of amides is 1. The smallest absolute Gasteiger partial charge is 0.220 e. The van der Waals surface area contributed by atoms with Gasteiger partial charge in [-0.3, -0.25) is 4.79 Å². The molecule has 1 amide bonds. The van der Waals surface area contributed by atoms with Crippen molar-refractivity contribution in [3.05, 3.63) is 70.5 Å². The molecule has 24 heavy (non-hydrogen) atoms. The first-order valence-corrected chi connectivity index (χ1v) is 7.89. The van der Waals surface area contributed by atoms with Crippen molar-refractivity contribution in [1.82, 2.24) is 5.32 Å².